The van der Waals surface area contributed by atoms with E-state index in [1.54, 1.807) is 6.92 Å². The summed E-state index contributed by atoms with van der Waals surface area (Å²) in [5.74, 6) is 0.0432. The van der Waals surface area contributed by atoms with Gasteiger partial charge in [-0.1, -0.05) is 24.3 Å². The Bertz CT molecular complexity index is 389. The number of carbonyl (C=O) groups is 1. The molecule has 0 saturated carbocycles. The molecule has 0 aliphatic rings. The predicted molar refractivity (Wildman–Crippen MR) is 76.4 cm³/mol. The van der Waals surface area contributed by atoms with Crippen molar-refractivity contribution in [2.75, 3.05) is 12.5 Å². The van der Waals surface area contributed by atoms with Crippen molar-refractivity contribution >= 4 is 17.6 Å². The fraction of sp³-hybridized carbons (Fsp3) is 0.533. The Kier molecular flexibility index (Phi) is 6.89. The second-order valence-electron chi connectivity index (χ2n) is 4.49. The third kappa shape index (κ3) is 4.84. The largest absolute Gasteiger partial charge is 0.466 e. The van der Waals surface area contributed by atoms with Gasteiger partial charge in [0.05, 0.1) is 18.6 Å². The number of aliphatic hydroxyl groups is 1. The van der Waals surface area contributed by atoms with Gasteiger partial charge < -0.3 is 9.84 Å². The monoisotopic (exact) mass is 284 g/mol. The minimum Gasteiger partial charge on any atom is -0.466 e. The molecule has 1 aromatic rings. The summed E-state index contributed by atoms with van der Waals surface area (Å²) in [6.07, 6.45) is 0.936. The van der Waals surface area contributed by atoms with Crippen LogP contribution in [0.4, 0.5) is 0 Å². The molecule has 0 aliphatic heterocycles. The van der Waals surface area contributed by atoms with E-state index < -0.39 is 6.10 Å². The highest BCUT2D eigenvalue weighted by Crippen LogP contribution is 2.22. The van der Waals surface area contributed by atoms with E-state index >= 15 is 0 Å². The zero-order valence-corrected chi connectivity index (χ0v) is 12.2. The quantitative estimate of drug-likeness (QED) is 0.616. The van der Waals surface area contributed by atoms with Crippen LogP contribution in [0.3, 0.4) is 0 Å². The maximum Gasteiger partial charge on any atom is 0.313 e. The first kappa shape index (κ1) is 16.0. The fourth-order valence-electron chi connectivity index (χ4n) is 1.85. The molecule has 0 fully saturated rings. The SMILES string of the molecule is CCOC(=O)C(C)c1ccc(C(O)CCCCl)cc1. The van der Waals surface area contributed by atoms with E-state index in [2.05, 4.69) is 0 Å². The molecule has 0 aliphatic carbocycles. The van der Waals surface area contributed by atoms with Gasteiger partial charge in [0.25, 0.3) is 0 Å². The molecule has 2 unspecified atom stereocenters. The van der Waals surface area contributed by atoms with Gasteiger partial charge in [0.15, 0.2) is 0 Å². The van der Waals surface area contributed by atoms with Crippen molar-refractivity contribution in [2.24, 2.45) is 0 Å². The standard InChI is InChI=1S/C15H21ClO3/c1-3-19-15(18)11(2)12-6-8-13(9-7-12)14(17)5-4-10-16/h6-9,11,14,17H,3-5,10H2,1-2H3. The van der Waals surface area contributed by atoms with E-state index in [9.17, 15) is 9.90 Å². The van der Waals surface area contributed by atoms with E-state index in [4.69, 9.17) is 16.3 Å². The zero-order chi connectivity index (χ0) is 14.3. The Labute approximate surface area is 119 Å². The van der Waals surface area contributed by atoms with Crippen LogP contribution in [0, 0.1) is 0 Å². The van der Waals surface area contributed by atoms with E-state index in [0.717, 1.165) is 17.5 Å². The van der Waals surface area contributed by atoms with Crippen molar-refractivity contribution < 1.29 is 14.6 Å². The third-order valence-corrected chi connectivity index (χ3v) is 3.34. The van der Waals surface area contributed by atoms with Gasteiger partial charge in [-0.05, 0) is 37.8 Å². The van der Waals surface area contributed by atoms with E-state index in [1.807, 2.05) is 31.2 Å². The van der Waals surface area contributed by atoms with Crippen LogP contribution in [0.25, 0.3) is 0 Å². The maximum atomic E-state index is 11.6. The summed E-state index contributed by atoms with van der Waals surface area (Å²) < 4.78 is 4.99. The highest BCUT2D eigenvalue weighted by Gasteiger charge is 2.16. The highest BCUT2D eigenvalue weighted by atomic mass is 35.5. The fourth-order valence-corrected chi connectivity index (χ4v) is 2.00. The maximum absolute atomic E-state index is 11.6. The lowest BCUT2D eigenvalue weighted by molar-refractivity contribution is -0.144. The first-order valence-corrected chi connectivity index (χ1v) is 7.14. The van der Waals surface area contributed by atoms with Gasteiger partial charge >= 0.3 is 5.97 Å². The number of hydrogen-bond donors (Lipinski definition) is 1. The molecule has 0 spiro atoms. The number of ether oxygens (including phenoxy) is 1. The number of alkyl halides is 1. The molecule has 1 aromatic carbocycles. The first-order valence-electron chi connectivity index (χ1n) is 6.60. The minimum absolute atomic E-state index is 0.224. The Hall–Kier alpha value is -1.06. The lowest BCUT2D eigenvalue weighted by atomic mass is 9.97. The van der Waals surface area contributed by atoms with Crippen molar-refractivity contribution in [2.45, 2.75) is 38.7 Å². The molecular weight excluding hydrogens is 264 g/mol. The van der Waals surface area contributed by atoms with Crippen LogP contribution in [-0.2, 0) is 9.53 Å². The Morgan fingerprint density at radius 3 is 2.42 bits per heavy atom. The molecule has 4 heteroatoms. The Morgan fingerprint density at radius 1 is 1.32 bits per heavy atom. The summed E-state index contributed by atoms with van der Waals surface area (Å²) in [4.78, 5) is 11.6. The lowest BCUT2D eigenvalue weighted by Gasteiger charge is -2.13. The molecule has 106 valence electrons. The molecule has 0 radical (unpaired) electrons. The molecular formula is C15H21ClO3. The molecule has 1 N–H and O–H groups in total. The first-order chi connectivity index (χ1) is 9.10. The smallest absolute Gasteiger partial charge is 0.313 e. The molecule has 3 nitrogen and oxygen atoms in total. The highest BCUT2D eigenvalue weighted by molar-refractivity contribution is 6.17. The number of hydrogen-bond acceptors (Lipinski definition) is 3. The molecule has 19 heavy (non-hydrogen) atoms. The van der Waals surface area contributed by atoms with Crippen molar-refractivity contribution in [1.29, 1.82) is 0 Å². The van der Waals surface area contributed by atoms with Gasteiger partial charge in [0.1, 0.15) is 0 Å². The van der Waals surface area contributed by atoms with E-state index in [1.165, 1.54) is 0 Å². The van der Waals surface area contributed by atoms with Crippen LogP contribution in [0.15, 0.2) is 24.3 Å². The molecule has 0 bridgehead atoms. The number of esters is 1. The third-order valence-electron chi connectivity index (χ3n) is 3.07. The van der Waals surface area contributed by atoms with Crippen LogP contribution >= 0.6 is 11.6 Å². The predicted octanol–water partition coefficient (Wildman–Crippen LogP) is 3.41. The van der Waals surface area contributed by atoms with Crippen LogP contribution in [-0.4, -0.2) is 23.6 Å². The van der Waals surface area contributed by atoms with Gasteiger partial charge in [0.2, 0.25) is 0 Å². The summed E-state index contributed by atoms with van der Waals surface area (Å²) in [7, 11) is 0. The minimum atomic E-state index is -0.495. The van der Waals surface area contributed by atoms with Gasteiger partial charge in [-0.15, -0.1) is 11.6 Å². The van der Waals surface area contributed by atoms with Gasteiger partial charge in [-0.2, -0.15) is 0 Å². The number of halogens is 1. The summed E-state index contributed by atoms with van der Waals surface area (Å²) in [5.41, 5.74) is 1.75. The van der Waals surface area contributed by atoms with Crippen molar-refractivity contribution in [1.82, 2.24) is 0 Å². The van der Waals surface area contributed by atoms with Crippen molar-refractivity contribution in [3.8, 4) is 0 Å². The second-order valence-corrected chi connectivity index (χ2v) is 4.87. The summed E-state index contributed by atoms with van der Waals surface area (Å²) in [6, 6.07) is 7.43. The molecule has 2 atom stereocenters. The van der Waals surface area contributed by atoms with Crippen LogP contribution in [0.5, 0.6) is 0 Å². The van der Waals surface area contributed by atoms with Gasteiger partial charge in [-0.3, -0.25) is 4.79 Å². The van der Waals surface area contributed by atoms with E-state index in [-0.39, 0.29) is 11.9 Å². The number of benzene rings is 1. The Balaban J connectivity index is 2.67. The average molecular weight is 285 g/mol. The Morgan fingerprint density at radius 2 is 1.89 bits per heavy atom. The number of carbonyl (C=O) groups excluding carboxylic acids is 1. The van der Waals surface area contributed by atoms with Gasteiger partial charge in [-0.25, -0.2) is 0 Å². The van der Waals surface area contributed by atoms with Crippen molar-refractivity contribution in [3.63, 3.8) is 0 Å². The molecule has 0 heterocycles. The summed E-state index contributed by atoms with van der Waals surface area (Å²) >= 11 is 5.60. The topological polar surface area (TPSA) is 46.5 Å². The molecule has 1 rings (SSSR count). The van der Waals surface area contributed by atoms with Crippen molar-refractivity contribution in [3.05, 3.63) is 35.4 Å². The van der Waals surface area contributed by atoms with Gasteiger partial charge in [0, 0.05) is 5.88 Å². The molecule has 0 saturated heterocycles. The van der Waals surface area contributed by atoms with Crippen LogP contribution < -0.4 is 0 Å². The molecule has 0 amide bonds. The normalized spacial score (nSPS) is 13.9. The summed E-state index contributed by atoms with van der Waals surface area (Å²) in [6.45, 7) is 4.00. The van der Waals surface area contributed by atoms with Crippen LogP contribution in [0.2, 0.25) is 0 Å². The second kappa shape index (κ2) is 8.18. The summed E-state index contributed by atoms with van der Waals surface area (Å²) in [5, 5.41) is 9.92. The average Bonchev–Trinajstić information content (AvgIpc) is 2.44. The molecule has 0 aromatic heterocycles. The van der Waals surface area contributed by atoms with Crippen LogP contribution in [0.1, 0.15) is 49.8 Å². The number of aliphatic hydroxyl groups excluding tert-OH is 1. The number of rotatable bonds is 7. The zero-order valence-electron chi connectivity index (χ0n) is 11.4. The van der Waals surface area contributed by atoms with E-state index in [0.29, 0.717) is 18.9 Å². The lowest BCUT2D eigenvalue weighted by Crippen LogP contribution is -2.13.